The largest absolute Gasteiger partial charge is 0.366 e. The summed E-state index contributed by atoms with van der Waals surface area (Å²) in [7, 11) is 0. The maximum absolute atomic E-state index is 5.14. The van der Waals surface area contributed by atoms with E-state index in [1.807, 2.05) is 24.3 Å². The van der Waals surface area contributed by atoms with Gasteiger partial charge in [-0.25, -0.2) is 4.98 Å². The molecule has 1 fully saturated rings. The van der Waals surface area contributed by atoms with E-state index in [1.165, 1.54) is 0 Å². The van der Waals surface area contributed by atoms with Gasteiger partial charge in [-0.1, -0.05) is 12.1 Å². The lowest BCUT2D eigenvalue weighted by Crippen LogP contribution is -1.90. The summed E-state index contributed by atoms with van der Waals surface area (Å²) >= 11 is 0. The van der Waals surface area contributed by atoms with Crippen molar-refractivity contribution in [1.29, 1.82) is 0 Å². The van der Waals surface area contributed by atoms with Crippen LogP contribution in [0.4, 0.5) is 0 Å². The minimum Gasteiger partial charge on any atom is -0.366 e. The molecule has 0 spiro atoms. The zero-order chi connectivity index (χ0) is 8.67. The summed E-state index contributed by atoms with van der Waals surface area (Å²) in [5, 5.41) is 0. The molecular weight excluding hydrogens is 164 g/mol. The Bertz CT molecular complexity index is 451. The summed E-state index contributed by atoms with van der Waals surface area (Å²) < 4.78 is 5.14. The molecule has 1 atom stereocenters. The van der Waals surface area contributed by atoms with Gasteiger partial charge >= 0.3 is 0 Å². The minimum atomic E-state index is 0.192. The monoisotopic (exact) mass is 172 g/mol. The molecule has 2 aromatic rings. The van der Waals surface area contributed by atoms with Crippen molar-refractivity contribution < 1.29 is 4.74 Å². The Labute approximate surface area is 75.4 Å². The summed E-state index contributed by atoms with van der Waals surface area (Å²) in [4.78, 5) is 8.75. The Morgan fingerprint density at radius 2 is 2.00 bits per heavy atom. The van der Waals surface area contributed by atoms with E-state index in [0.29, 0.717) is 0 Å². The van der Waals surface area contributed by atoms with Gasteiger partial charge in [0.15, 0.2) is 0 Å². The quantitative estimate of drug-likeness (QED) is 0.614. The van der Waals surface area contributed by atoms with Crippen LogP contribution in [0.5, 0.6) is 0 Å². The summed E-state index contributed by atoms with van der Waals surface area (Å²) in [5.41, 5.74) is 2.82. The number of benzene rings is 1. The molecule has 0 unspecified atom stereocenters. The Hall–Kier alpha value is -1.48. The van der Waals surface area contributed by atoms with Gasteiger partial charge in [-0.3, -0.25) is 4.98 Å². The van der Waals surface area contributed by atoms with E-state index in [1.54, 1.807) is 6.20 Å². The fraction of sp³-hybridized carbons (Fsp3) is 0.200. The van der Waals surface area contributed by atoms with Crippen LogP contribution in [0.25, 0.3) is 11.0 Å². The number of hydrogen-bond acceptors (Lipinski definition) is 3. The topological polar surface area (TPSA) is 38.3 Å². The molecule has 64 valence electrons. The van der Waals surface area contributed by atoms with E-state index in [-0.39, 0.29) is 6.10 Å². The third-order valence-corrected chi connectivity index (χ3v) is 2.13. The summed E-state index contributed by atoms with van der Waals surface area (Å²) in [6.07, 6.45) is 1.98. The van der Waals surface area contributed by atoms with E-state index in [9.17, 15) is 0 Å². The Morgan fingerprint density at radius 3 is 2.77 bits per heavy atom. The Balaban J connectivity index is 2.21. The zero-order valence-corrected chi connectivity index (χ0v) is 6.97. The normalized spacial score (nSPS) is 20.5. The molecule has 3 heteroatoms. The second-order valence-corrected chi connectivity index (χ2v) is 3.11. The highest BCUT2D eigenvalue weighted by molar-refractivity contribution is 5.73. The van der Waals surface area contributed by atoms with Gasteiger partial charge in [0.2, 0.25) is 0 Å². The first-order valence-corrected chi connectivity index (χ1v) is 4.27. The lowest BCUT2D eigenvalue weighted by molar-refractivity contribution is 0.411. The third kappa shape index (κ3) is 1.17. The summed E-state index contributed by atoms with van der Waals surface area (Å²) in [6, 6.07) is 7.85. The Kier molecular flexibility index (Phi) is 1.34. The van der Waals surface area contributed by atoms with Crippen LogP contribution in [0, 0.1) is 0 Å². The molecule has 1 aliphatic rings. The first-order chi connectivity index (χ1) is 6.43. The highest BCUT2D eigenvalue weighted by Crippen LogP contribution is 2.28. The molecule has 3 rings (SSSR count). The van der Waals surface area contributed by atoms with Gasteiger partial charge in [0.05, 0.1) is 29.5 Å². The van der Waals surface area contributed by atoms with Crippen molar-refractivity contribution in [2.24, 2.45) is 0 Å². The molecule has 1 saturated heterocycles. The van der Waals surface area contributed by atoms with Gasteiger partial charge in [0, 0.05) is 0 Å². The van der Waals surface area contributed by atoms with Gasteiger partial charge in [-0.2, -0.15) is 0 Å². The van der Waals surface area contributed by atoms with Crippen molar-refractivity contribution in [2.45, 2.75) is 6.10 Å². The molecule has 3 nitrogen and oxygen atoms in total. The van der Waals surface area contributed by atoms with Crippen LogP contribution in [-0.4, -0.2) is 16.6 Å². The second-order valence-electron chi connectivity index (χ2n) is 3.11. The van der Waals surface area contributed by atoms with E-state index in [0.717, 1.165) is 23.3 Å². The van der Waals surface area contributed by atoms with Crippen LogP contribution in [0.15, 0.2) is 30.5 Å². The van der Waals surface area contributed by atoms with Crippen LogP contribution >= 0.6 is 0 Å². The van der Waals surface area contributed by atoms with Crippen LogP contribution in [0.3, 0.4) is 0 Å². The van der Waals surface area contributed by atoms with Crippen molar-refractivity contribution >= 4 is 11.0 Å². The van der Waals surface area contributed by atoms with Gasteiger partial charge in [-0.15, -0.1) is 0 Å². The van der Waals surface area contributed by atoms with Gasteiger partial charge in [-0.05, 0) is 12.1 Å². The number of hydrogen-bond donors (Lipinski definition) is 0. The number of aromatic nitrogens is 2. The number of fused-ring (bicyclic) bond motifs is 1. The average Bonchev–Trinajstić information content (AvgIpc) is 3.00. The van der Waals surface area contributed by atoms with Crippen molar-refractivity contribution in [2.75, 3.05) is 6.61 Å². The predicted molar refractivity (Wildman–Crippen MR) is 48.2 cm³/mol. The highest BCUT2D eigenvalue weighted by atomic mass is 16.6. The SMILES string of the molecule is c1ccc2nc([C@@H]3CO3)cnc2c1. The van der Waals surface area contributed by atoms with Gasteiger partial charge in [0.1, 0.15) is 6.10 Å². The minimum absolute atomic E-state index is 0.192. The van der Waals surface area contributed by atoms with E-state index in [4.69, 9.17) is 4.74 Å². The Morgan fingerprint density at radius 1 is 1.23 bits per heavy atom. The number of epoxide rings is 1. The smallest absolute Gasteiger partial charge is 0.124 e. The molecule has 0 aliphatic carbocycles. The first kappa shape index (κ1) is 6.97. The van der Waals surface area contributed by atoms with Gasteiger partial charge < -0.3 is 4.74 Å². The molecule has 1 aromatic carbocycles. The molecule has 0 N–H and O–H groups in total. The zero-order valence-electron chi connectivity index (χ0n) is 6.97. The number of ether oxygens (including phenoxy) is 1. The van der Waals surface area contributed by atoms with Crippen LogP contribution in [0.2, 0.25) is 0 Å². The lowest BCUT2D eigenvalue weighted by atomic mass is 10.3. The maximum atomic E-state index is 5.14. The van der Waals surface area contributed by atoms with Crippen molar-refractivity contribution in [3.05, 3.63) is 36.2 Å². The van der Waals surface area contributed by atoms with Crippen LogP contribution in [-0.2, 0) is 4.74 Å². The highest BCUT2D eigenvalue weighted by Gasteiger charge is 2.26. The summed E-state index contributed by atoms with van der Waals surface area (Å²) in [6.45, 7) is 0.785. The first-order valence-electron chi connectivity index (χ1n) is 4.27. The molecule has 1 aromatic heterocycles. The van der Waals surface area contributed by atoms with Crippen molar-refractivity contribution in [3.63, 3.8) is 0 Å². The molecule has 0 bridgehead atoms. The van der Waals surface area contributed by atoms with Gasteiger partial charge in [0.25, 0.3) is 0 Å². The predicted octanol–water partition coefficient (Wildman–Crippen LogP) is 1.70. The summed E-state index contributed by atoms with van der Waals surface area (Å²) in [5.74, 6) is 0. The lowest BCUT2D eigenvalue weighted by Gasteiger charge is -1.97. The average molecular weight is 172 g/mol. The molecule has 1 aliphatic heterocycles. The van der Waals surface area contributed by atoms with Crippen molar-refractivity contribution in [3.8, 4) is 0 Å². The fourth-order valence-electron chi connectivity index (χ4n) is 1.35. The molecule has 2 heterocycles. The maximum Gasteiger partial charge on any atom is 0.124 e. The third-order valence-electron chi connectivity index (χ3n) is 2.13. The second kappa shape index (κ2) is 2.50. The van der Waals surface area contributed by atoms with E-state index < -0.39 is 0 Å². The molecule has 13 heavy (non-hydrogen) atoms. The van der Waals surface area contributed by atoms with E-state index in [2.05, 4.69) is 9.97 Å². The molecule has 0 saturated carbocycles. The number of para-hydroxylation sites is 2. The molecular formula is C10H8N2O. The van der Waals surface area contributed by atoms with E-state index >= 15 is 0 Å². The van der Waals surface area contributed by atoms with Crippen molar-refractivity contribution in [1.82, 2.24) is 9.97 Å². The fourth-order valence-corrected chi connectivity index (χ4v) is 1.35. The number of nitrogens with zero attached hydrogens (tertiary/aromatic N) is 2. The standard InChI is InChI=1S/C10H8N2O/c1-2-4-8-7(3-1)11-5-9(12-8)10-6-13-10/h1-5,10H,6H2/t10-/m0/s1. The molecule has 0 radical (unpaired) electrons. The van der Waals surface area contributed by atoms with Crippen LogP contribution < -0.4 is 0 Å². The van der Waals surface area contributed by atoms with Crippen LogP contribution in [0.1, 0.15) is 11.8 Å². The molecule has 0 amide bonds. The number of rotatable bonds is 1.